The van der Waals surface area contributed by atoms with Crippen molar-refractivity contribution < 1.29 is 0 Å². The average molecular weight is 692 g/mol. The van der Waals surface area contributed by atoms with Crippen LogP contribution < -0.4 is 4.90 Å². The molecule has 54 heavy (non-hydrogen) atoms. The highest BCUT2D eigenvalue weighted by Crippen LogP contribution is 2.54. The van der Waals surface area contributed by atoms with E-state index in [2.05, 4.69) is 231 Å². The predicted molar refractivity (Wildman–Crippen MR) is 228 cm³/mol. The van der Waals surface area contributed by atoms with Crippen molar-refractivity contribution in [1.29, 1.82) is 0 Å². The average Bonchev–Trinajstić information content (AvgIpc) is 3.48. The monoisotopic (exact) mass is 691 g/mol. The molecule has 0 saturated carbocycles. The third-order valence-electron chi connectivity index (χ3n) is 10.9. The molecule has 0 aromatic heterocycles. The van der Waals surface area contributed by atoms with Gasteiger partial charge in [-0.3, -0.25) is 0 Å². The summed E-state index contributed by atoms with van der Waals surface area (Å²) in [5.74, 6) is 0. The van der Waals surface area contributed by atoms with Crippen LogP contribution in [0.4, 0.5) is 17.1 Å². The van der Waals surface area contributed by atoms with Crippen LogP contribution in [0.1, 0.15) is 47.2 Å². The fourth-order valence-electron chi connectivity index (χ4n) is 8.37. The quantitative estimate of drug-likeness (QED) is 0.143. The van der Waals surface area contributed by atoms with Crippen LogP contribution in [0.5, 0.6) is 0 Å². The van der Waals surface area contributed by atoms with E-state index in [1.807, 2.05) is 0 Å². The van der Waals surface area contributed by atoms with Crippen LogP contribution in [-0.2, 0) is 5.41 Å². The molecule has 0 amide bonds. The zero-order chi connectivity index (χ0) is 36.5. The normalized spacial score (nSPS) is 12.4. The van der Waals surface area contributed by atoms with Gasteiger partial charge in [0, 0.05) is 16.8 Å². The number of hydrogen-bond donors (Lipinski definition) is 0. The lowest BCUT2D eigenvalue weighted by molar-refractivity contribution is 0.661. The Morgan fingerprint density at radius 3 is 1.30 bits per heavy atom. The third-order valence-corrected chi connectivity index (χ3v) is 10.9. The number of rotatable bonds is 8. The highest BCUT2D eigenvalue weighted by molar-refractivity contribution is 6.04. The second kappa shape index (κ2) is 14.0. The molecule has 0 unspecified atom stereocenters. The van der Waals surface area contributed by atoms with Crippen LogP contribution in [-0.4, -0.2) is 0 Å². The Labute approximate surface area is 319 Å². The van der Waals surface area contributed by atoms with Gasteiger partial charge in [-0.05, 0) is 97.1 Å². The summed E-state index contributed by atoms with van der Waals surface area (Å²) in [5.41, 5.74) is 18.3. The van der Waals surface area contributed by atoms with Crippen LogP contribution in [0.2, 0.25) is 0 Å². The van der Waals surface area contributed by atoms with E-state index in [9.17, 15) is 0 Å². The maximum atomic E-state index is 2.42. The van der Waals surface area contributed by atoms with Crippen molar-refractivity contribution in [3.8, 4) is 22.3 Å². The van der Waals surface area contributed by atoms with Crippen LogP contribution in [0.3, 0.4) is 0 Å². The van der Waals surface area contributed by atoms with Crippen LogP contribution in [0, 0.1) is 0 Å². The molecule has 8 aromatic carbocycles. The highest BCUT2D eigenvalue weighted by atomic mass is 15.1. The number of para-hydroxylation sites is 1. The summed E-state index contributed by atoms with van der Waals surface area (Å²) in [7, 11) is 0. The van der Waals surface area contributed by atoms with Crippen molar-refractivity contribution in [2.24, 2.45) is 0 Å². The Morgan fingerprint density at radius 1 is 0.352 bits per heavy atom. The molecule has 0 radical (unpaired) electrons. The molecule has 1 aliphatic carbocycles. The first-order valence-electron chi connectivity index (χ1n) is 18.8. The molecule has 0 atom stereocenters. The van der Waals surface area contributed by atoms with E-state index in [1.165, 1.54) is 72.5 Å². The lowest BCUT2D eigenvalue weighted by Crippen LogP contribution is -2.20. The lowest BCUT2D eigenvalue weighted by Gasteiger charge is -2.32. The van der Waals surface area contributed by atoms with Gasteiger partial charge < -0.3 is 4.90 Å². The SMILES string of the molecule is CC1(C)c2ccccc2-c2cccc(N(c3ccccc3)c3ccc(-c4ccc(C(=C(c5ccccc5)c5ccccc5)c5ccccc5)cc4)cc3)c21. The summed E-state index contributed by atoms with van der Waals surface area (Å²) < 4.78 is 0. The van der Waals surface area contributed by atoms with Gasteiger partial charge in [-0.15, -0.1) is 0 Å². The fraction of sp³-hybridized carbons (Fsp3) is 0.0566. The molecular weight excluding hydrogens is 651 g/mol. The lowest BCUT2D eigenvalue weighted by atomic mass is 9.81. The zero-order valence-corrected chi connectivity index (χ0v) is 30.7. The van der Waals surface area contributed by atoms with Gasteiger partial charge >= 0.3 is 0 Å². The van der Waals surface area contributed by atoms with Crippen molar-refractivity contribution in [1.82, 2.24) is 0 Å². The first kappa shape index (κ1) is 33.2. The van der Waals surface area contributed by atoms with E-state index in [1.54, 1.807) is 0 Å². The third kappa shape index (κ3) is 5.94. The Morgan fingerprint density at radius 2 is 0.759 bits per heavy atom. The predicted octanol–water partition coefficient (Wildman–Crippen LogP) is 14.1. The summed E-state index contributed by atoms with van der Waals surface area (Å²) in [6, 6.07) is 76.8. The van der Waals surface area contributed by atoms with Crippen LogP contribution in [0.15, 0.2) is 212 Å². The molecule has 8 aromatic rings. The first-order chi connectivity index (χ1) is 26.6. The van der Waals surface area contributed by atoms with Gasteiger partial charge in [0.15, 0.2) is 0 Å². The van der Waals surface area contributed by atoms with E-state index in [-0.39, 0.29) is 5.41 Å². The summed E-state index contributed by atoms with van der Waals surface area (Å²) in [6.45, 7) is 4.72. The number of nitrogens with zero attached hydrogens (tertiary/aromatic N) is 1. The molecule has 0 saturated heterocycles. The molecule has 0 N–H and O–H groups in total. The van der Waals surface area contributed by atoms with Gasteiger partial charge in [0.1, 0.15) is 0 Å². The van der Waals surface area contributed by atoms with Gasteiger partial charge in [-0.25, -0.2) is 0 Å². The van der Waals surface area contributed by atoms with Crippen molar-refractivity contribution >= 4 is 28.2 Å². The Hall–Kier alpha value is -6.70. The van der Waals surface area contributed by atoms with Crippen molar-refractivity contribution in [3.05, 3.63) is 246 Å². The minimum atomic E-state index is -0.134. The molecule has 1 aliphatic rings. The molecule has 0 fully saturated rings. The smallest absolute Gasteiger partial charge is 0.0508 e. The summed E-state index contributed by atoms with van der Waals surface area (Å²) in [4.78, 5) is 2.42. The number of benzene rings is 8. The molecule has 1 heteroatoms. The minimum absolute atomic E-state index is 0.134. The molecular formula is C53H41N. The zero-order valence-electron chi connectivity index (χ0n) is 30.7. The van der Waals surface area contributed by atoms with E-state index in [0.29, 0.717) is 0 Å². The highest BCUT2D eigenvalue weighted by Gasteiger charge is 2.38. The van der Waals surface area contributed by atoms with Crippen LogP contribution in [0.25, 0.3) is 33.4 Å². The van der Waals surface area contributed by atoms with E-state index < -0.39 is 0 Å². The first-order valence-corrected chi connectivity index (χ1v) is 18.8. The van der Waals surface area contributed by atoms with Gasteiger partial charge in [-0.1, -0.05) is 196 Å². The van der Waals surface area contributed by atoms with Gasteiger partial charge in [-0.2, -0.15) is 0 Å². The van der Waals surface area contributed by atoms with Crippen molar-refractivity contribution in [3.63, 3.8) is 0 Å². The minimum Gasteiger partial charge on any atom is -0.310 e. The second-order valence-electron chi connectivity index (χ2n) is 14.5. The standard InChI is InChI=1S/C53H41N/c1-53(2)48-28-16-15-26-46(48)47-27-17-29-49(52(47)53)54(44-24-13-6-14-25-44)45-36-34-39(35-37-45)38-30-32-43(33-31-38)51(42-22-11-5-12-23-42)50(40-18-7-3-8-19-40)41-20-9-4-10-21-41/h3-37H,1-2H3. The Kier molecular flexibility index (Phi) is 8.61. The molecule has 0 bridgehead atoms. The van der Waals surface area contributed by atoms with E-state index in [0.717, 1.165) is 11.4 Å². The molecule has 0 aliphatic heterocycles. The molecule has 0 spiro atoms. The summed E-state index contributed by atoms with van der Waals surface area (Å²) in [6.07, 6.45) is 0. The second-order valence-corrected chi connectivity index (χ2v) is 14.5. The largest absolute Gasteiger partial charge is 0.310 e. The maximum Gasteiger partial charge on any atom is 0.0508 e. The number of hydrogen-bond acceptors (Lipinski definition) is 1. The van der Waals surface area contributed by atoms with Gasteiger partial charge in [0.25, 0.3) is 0 Å². The molecule has 258 valence electrons. The summed E-state index contributed by atoms with van der Waals surface area (Å²) >= 11 is 0. The molecule has 1 nitrogen and oxygen atoms in total. The maximum absolute atomic E-state index is 2.42. The van der Waals surface area contributed by atoms with Gasteiger partial charge in [0.05, 0.1) is 5.69 Å². The summed E-state index contributed by atoms with van der Waals surface area (Å²) in [5, 5.41) is 0. The van der Waals surface area contributed by atoms with Gasteiger partial charge in [0.2, 0.25) is 0 Å². The molecule has 0 heterocycles. The number of anilines is 3. The number of fused-ring (bicyclic) bond motifs is 3. The topological polar surface area (TPSA) is 3.24 Å². The van der Waals surface area contributed by atoms with E-state index in [4.69, 9.17) is 0 Å². The molecule has 9 rings (SSSR count). The fourth-order valence-corrected chi connectivity index (χ4v) is 8.37. The Bertz CT molecular complexity index is 2530. The van der Waals surface area contributed by atoms with Crippen molar-refractivity contribution in [2.75, 3.05) is 4.90 Å². The Balaban J connectivity index is 1.12. The van der Waals surface area contributed by atoms with Crippen LogP contribution >= 0.6 is 0 Å². The van der Waals surface area contributed by atoms with E-state index >= 15 is 0 Å². The van der Waals surface area contributed by atoms with Crippen molar-refractivity contribution in [2.45, 2.75) is 19.3 Å².